The molecule has 0 aliphatic carbocycles. The average Bonchev–Trinajstić information content (AvgIpc) is 2.46. The number of nitrogens with one attached hydrogen (secondary N) is 1. The minimum absolute atomic E-state index is 0.293. The van der Waals surface area contributed by atoms with E-state index in [0.717, 1.165) is 17.5 Å². The number of hydrogen-bond donors (Lipinski definition) is 1. The van der Waals surface area contributed by atoms with E-state index in [2.05, 4.69) is 18.6 Å². The van der Waals surface area contributed by atoms with Gasteiger partial charge in [-0.3, -0.25) is 4.72 Å². The van der Waals surface area contributed by atoms with Gasteiger partial charge < -0.3 is 0 Å². The summed E-state index contributed by atoms with van der Waals surface area (Å²) < 4.78 is 27.7. The Morgan fingerprint density at radius 3 is 2.48 bits per heavy atom. The first-order valence-corrected chi connectivity index (χ1v) is 8.60. The highest BCUT2D eigenvalue weighted by atomic mass is 32.2. The topological polar surface area (TPSA) is 46.2 Å². The molecular formula is C17H21NO2S. The Morgan fingerprint density at radius 1 is 1.10 bits per heavy atom. The third kappa shape index (κ3) is 3.64. The molecule has 0 aromatic heterocycles. The van der Waals surface area contributed by atoms with Crippen molar-refractivity contribution >= 4 is 15.7 Å². The highest BCUT2D eigenvalue weighted by Crippen LogP contribution is 2.28. The number of benzene rings is 2. The zero-order valence-corrected chi connectivity index (χ0v) is 13.4. The summed E-state index contributed by atoms with van der Waals surface area (Å²) in [5.74, 6) is 0.307. The lowest BCUT2D eigenvalue weighted by Gasteiger charge is -2.16. The van der Waals surface area contributed by atoms with Crippen molar-refractivity contribution in [1.29, 1.82) is 0 Å². The zero-order valence-electron chi connectivity index (χ0n) is 12.6. The van der Waals surface area contributed by atoms with Gasteiger partial charge in [0.25, 0.3) is 10.0 Å². The molecule has 1 unspecified atom stereocenters. The Bertz CT molecular complexity index is 723. The molecule has 0 aliphatic heterocycles. The van der Waals surface area contributed by atoms with E-state index < -0.39 is 10.0 Å². The van der Waals surface area contributed by atoms with Gasteiger partial charge in [0.15, 0.2) is 0 Å². The molecule has 21 heavy (non-hydrogen) atoms. The fourth-order valence-corrected chi connectivity index (χ4v) is 3.42. The summed E-state index contributed by atoms with van der Waals surface area (Å²) in [6.07, 6.45) is 0.961. The van der Waals surface area contributed by atoms with Crippen molar-refractivity contribution < 1.29 is 8.42 Å². The number of sulfonamides is 1. The van der Waals surface area contributed by atoms with E-state index >= 15 is 0 Å². The van der Waals surface area contributed by atoms with Crippen molar-refractivity contribution in [2.45, 2.75) is 38.0 Å². The Balaban J connectivity index is 2.38. The van der Waals surface area contributed by atoms with Crippen LogP contribution in [0.5, 0.6) is 0 Å². The van der Waals surface area contributed by atoms with E-state index in [4.69, 9.17) is 0 Å². The monoisotopic (exact) mass is 303 g/mol. The van der Waals surface area contributed by atoms with Crippen LogP contribution in [0.15, 0.2) is 53.4 Å². The SMILES string of the molecule is CCC(C)c1ccccc1NS(=O)(=O)c1cccc(C)c1. The fraction of sp³-hybridized carbons (Fsp3) is 0.294. The third-order valence-corrected chi connectivity index (χ3v) is 5.01. The van der Waals surface area contributed by atoms with Gasteiger partial charge in [0.2, 0.25) is 0 Å². The average molecular weight is 303 g/mol. The van der Waals surface area contributed by atoms with Gasteiger partial charge in [-0.05, 0) is 48.6 Å². The molecule has 1 N–H and O–H groups in total. The molecule has 0 bridgehead atoms. The van der Waals surface area contributed by atoms with E-state index in [9.17, 15) is 8.42 Å². The Kier molecular flexibility index (Phi) is 4.68. The van der Waals surface area contributed by atoms with E-state index in [0.29, 0.717) is 16.5 Å². The van der Waals surface area contributed by atoms with Crippen molar-refractivity contribution in [2.24, 2.45) is 0 Å². The first kappa shape index (κ1) is 15.6. The fourth-order valence-electron chi connectivity index (χ4n) is 2.23. The second kappa shape index (κ2) is 6.31. The molecule has 2 aromatic carbocycles. The molecule has 0 saturated carbocycles. The van der Waals surface area contributed by atoms with Gasteiger partial charge >= 0.3 is 0 Å². The van der Waals surface area contributed by atoms with Crippen molar-refractivity contribution in [1.82, 2.24) is 0 Å². The van der Waals surface area contributed by atoms with Crippen LogP contribution in [0.2, 0.25) is 0 Å². The molecule has 0 saturated heterocycles. The second-order valence-electron chi connectivity index (χ2n) is 5.32. The van der Waals surface area contributed by atoms with Crippen LogP contribution in [0.3, 0.4) is 0 Å². The van der Waals surface area contributed by atoms with Gasteiger partial charge in [0.1, 0.15) is 0 Å². The van der Waals surface area contributed by atoms with Crippen LogP contribution in [0.25, 0.3) is 0 Å². The van der Waals surface area contributed by atoms with E-state index in [1.165, 1.54) is 0 Å². The molecule has 0 fully saturated rings. The van der Waals surface area contributed by atoms with Crippen molar-refractivity contribution in [3.8, 4) is 0 Å². The predicted octanol–water partition coefficient (Wildman–Crippen LogP) is 4.31. The summed E-state index contributed by atoms with van der Waals surface area (Å²) in [4.78, 5) is 0.293. The molecule has 4 heteroatoms. The second-order valence-corrected chi connectivity index (χ2v) is 7.00. The molecule has 0 spiro atoms. The van der Waals surface area contributed by atoms with Crippen LogP contribution in [-0.2, 0) is 10.0 Å². The maximum Gasteiger partial charge on any atom is 0.261 e. The van der Waals surface area contributed by atoms with Crippen molar-refractivity contribution in [3.63, 3.8) is 0 Å². The van der Waals surface area contributed by atoms with Gasteiger partial charge in [0.05, 0.1) is 10.6 Å². The molecule has 0 aliphatic rings. The van der Waals surface area contributed by atoms with Gasteiger partial charge in [-0.15, -0.1) is 0 Å². The maximum absolute atomic E-state index is 12.5. The summed E-state index contributed by atoms with van der Waals surface area (Å²) in [7, 11) is -3.55. The first-order valence-electron chi connectivity index (χ1n) is 7.12. The van der Waals surface area contributed by atoms with Crippen LogP contribution in [-0.4, -0.2) is 8.42 Å². The Hall–Kier alpha value is -1.81. The van der Waals surface area contributed by atoms with E-state index in [1.807, 2.05) is 37.3 Å². The van der Waals surface area contributed by atoms with Crippen LogP contribution < -0.4 is 4.72 Å². The van der Waals surface area contributed by atoms with Gasteiger partial charge in [-0.1, -0.05) is 44.2 Å². The van der Waals surface area contributed by atoms with Crippen LogP contribution >= 0.6 is 0 Å². The number of rotatable bonds is 5. The van der Waals surface area contributed by atoms with Gasteiger partial charge in [0, 0.05) is 0 Å². The molecule has 2 rings (SSSR count). The highest BCUT2D eigenvalue weighted by Gasteiger charge is 2.17. The van der Waals surface area contributed by atoms with Crippen LogP contribution in [0, 0.1) is 6.92 Å². The molecule has 3 nitrogen and oxygen atoms in total. The summed E-state index contributed by atoms with van der Waals surface area (Å²) in [6.45, 7) is 6.07. The largest absolute Gasteiger partial charge is 0.279 e. The highest BCUT2D eigenvalue weighted by molar-refractivity contribution is 7.92. The molecule has 2 aromatic rings. The zero-order chi connectivity index (χ0) is 15.5. The minimum Gasteiger partial charge on any atom is -0.279 e. The molecular weight excluding hydrogens is 282 g/mol. The van der Waals surface area contributed by atoms with E-state index in [1.54, 1.807) is 18.2 Å². The third-order valence-electron chi connectivity index (χ3n) is 3.65. The summed E-state index contributed by atoms with van der Waals surface area (Å²) in [5.41, 5.74) is 2.61. The molecule has 0 radical (unpaired) electrons. The number of para-hydroxylation sites is 1. The van der Waals surface area contributed by atoms with Crippen LogP contribution in [0.4, 0.5) is 5.69 Å². The van der Waals surface area contributed by atoms with E-state index in [-0.39, 0.29) is 0 Å². The standard InChI is InChI=1S/C17H21NO2S/c1-4-14(3)16-10-5-6-11-17(16)18-21(19,20)15-9-7-8-13(2)12-15/h5-12,14,18H,4H2,1-3H3. The quantitative estimate of drug-likeness (QED) is 0.894. The first-order chi connectivity index (χ1) is 9.94. The minimum atomic E-state index is -3.55. The van der Waals surface area contributed by atoms with Gasteiger partial charge in [-0.25, -0.2) is 8.42 Å². The Morgan fingerprint density at radius 2 is 1.81 bits per heavy atom. The van der Waals surface area contributed by atoms with Crippen molar-refractivity contribution in [3.05, 3.63) is 59.7 Å². The number of aryl methyl sites for hydroxylation is 1. The smallest absolute Gasteiger partial charge is 0.261 e. The lowest BCUT2D eigenvalue weighted by atomic mass is 9.97. The number of anilines is 1. The van der Waals surface area contributed by atoms with Crippen molar-refractivity contribution in [2.75, 3.05) is 4.72 Å². The molecule has 112 valence electrons. The summed E-state index contributed by atoms with van der Waals surface area (Å²) >= 11 is 0. The normalized spacial score (nSPS) is 12.9. The summed E-state index contributed by atoms with van der Waals surface area (Å²) in [5, 5.41) is 0. The van der Waals surface area contributed by atoms with Gasteiger partial charge in [-0.2, -0.15) is 0 Å². The Labute approximate surface area is 127 Å². The predicted molar refractivity (Wildman–Crippen MR) is 87.1 cm³/mol. The summed E-state index contributed by atoms with van der Waals surface area (Å²) in [6, 6.07) is 14.5. The molecule has 0 heterocycles. The number of hydrogen-bond acceptors (Lipinski definition) is 2. The van der Waals surface area contributed by atoms with Crippen LogP contribution in [0.1, 0.15) is 37.3 Å². The maximum atomic E-state index is 12.5. The molecule has 0 amide bonds. The lowest BCUT2D eigenvalue weighted by Crippen LogP contribution is -2.14. The lowest BCUT2D eigenvalue weighted by molar-refractivity contribution is 0.601. The molecule has 1 atom stereocenters.